The standard InChI is InChI=1S/C18H26N4/c1-12(2)9-10-19-18-20-14(4)11-17(22-18)21-16-8-6-7-13(3)15(16)5/h6-8,11-12H,9-10H2,1-5H3,(H2,19,20,21,22). The van der Waals surface area contributed by atoms with Crippen LogP contribution in [0.5, 0.6) is 0 Å². The number of anilines is 3. The Morgan fingerprint density at radius 1 is 1.09 bits per heavy atom. The lowest BCUT2D eigenvalue weighted by molar-refractivity contribution is 0.606. The van der Waals surface area contributed by atoms with E-state index in [1.54, 1.807) is 0 Å². The number of hydrogen-bond donors (Lipinski definition) is 2. The Morgan fingerprint density at radius 3 is 2.59 bits per heavy atom. The average molecular weight is 298 g/mol. The summed E-state index contributed by atoms with van der Waals surface area (Å²) in [6.45, 7) is 11.5. The van der Waals surface area contributed by atoms with Crippen LogP contribution < -0.4 is 10.6 Å². The van der Waals surface area contributed by atoms with Gasteiger partial charge in [0.1, 0.15) is 5.82 Å². The first-order valence-corrected chi connectivity index (χ1v) is 7.88. The molecule has 0 amide bonds. The predicted octanol–water partition coefficient (Wildman–Crippen LogP) is 4.60. The summed E-state index contributed by atoms with van der Waals surface area (Å²) in [4.78, 5) is 9.01. The van der Waals surface area contributed by atoms with Gasteiger partial charge >= 0.3 is 0 Å². The van der Waals surface area contributed by atoms with Crippen molar-refractivity contribution in [3.63, 3.8) is 0 Å². The minimum Gasteiger partial charge on any atom is -0.354 e. The molecule has 1 heterocycles. The van der Waals surface area contributed by atoms with Crippen molar-refractivity contribution in [3.8, 4) is 0 Å². The first-order chi connectivity index (χ1) is 10.5. The molecule has 0 aliphatic rings. The van der Waals surface area contributed by atoms with Gasteiger partial charge in [0.15, 0.2) is 0 Å². The van der Waals surface area contributed by atoms with E-state index in [1.807, 2.05) is 13.0 Å². The number of rotatable bonds is 6. The average Bonchev–Trinajstić information content (AvgIpc) is 2.43. The lowest BCUT2D eigenvalue weighted by Gasteiger charge is -2.13. The third-order valence-electron chi connectivity index (χ3n) is 3.73. The van der Waals surface area contributed by atoms with Crippen LogP contribution in [0.3, 0.4) is 0 Å². The maximum absolute atomic E-state index is 4.56. The highest BCUT2D eigenvalue weighted by Gasteiger charge is 2.05. The molecule has 0 fully saturated rings. The molecule has 0 saturated heterocycles. The lowest BCUT2D eigenvalue weighted by atomic mass is 10.1. The van der Waals surface area contributed by atoms with E-state index in [1.165, 1.54) is 11.1 Å². The summed E-state index contributed by atoms with van der Waals surface area (Å²) in [6.07, 6.45) is 1.11. The van der Waals surface area contributed by atoms with E-state index in [9.17, 15) is 0 Å². The Labute approximate surface area is 133 Å². The van der Waals surface area contributed by atoms with Crippen LogP contribution in [-0.4, -0.2) is 16.5 Å². The van der Waals surface area contributed by atoms with Gasteiger partial charge < -0.3 is 10.6 Å². The first kappa shape index (κ1) is 16.3. The van der Waals surface area contributed by atoms with Crippen LogP contribution in [0.15, 0.2) is 24.3 Å². The molecule has 2 N–H and O–H groups in total. The summed E-state index contributed by atoms with van der Waals surface area (Å²) in [5, 5.41) is 6.71. The highest BCUT2D eigenvalue weighted by Crippen LogP contribution is 2.22. The number of aromatic nitrogens is 2. The third-order valence-corrected chi connectivity index (χ3v) is 3.73. The van der Waals surface area contributed by atoms with Gasteiger partial charge in [0.2, 0.25) is 5.95 Å². The fourth-order valence-electron chi connectivity index (χ4n) is 2.21. The van der Waals surface area contributed by atoms with E-state index >= 15 is 0 Å². The largest absolute Gasteiger partial charge is 0.354 e. The lowest BCUT2D eigenvalue weighted by Crippen LogP contribution is -2.09. The second-order valence-electron chi connectivity index (χ2n) is 6.20. The zero-order valence-electron chi connectivity index (χ0n) is 14.2. The van der Waals surface area contributed by atoms with Gasteiger partial charge in [-0.15, -0.1) is 0 Å². The van der Waals surface area contributed by atoms with Gasteiger partial charge in [0.05, 0.1) is 0 Å². The number of nitrogens with one attached hydrogen (secondary N) is 2. The minimum atomic E-state index is 0.671. The monoisotopic (exact) mass is 298 g/mol. The van der Waals surface area contributed by atoms with E-state index in [2.05, 4.69) is 66.5 Å². The van der Waals surface area contributed by atoms with Crippen molar-refractivity contribution in [2.24, 2.45) is 5.92 Å². The van der Waals surface area contributed by atoms with Crippen molar-refractivity contribution in [2.75, 3.05) is 17.2 Å². The van der Waals surface area contributed by atoms with Gasteiger partial charge in [-0.1, -0.05) is 26.0 Å². The zero-order chi connectivity index (χ0) is 16.1. The van der Waals surface area contributed by atoms with Crippen LogP contribution in [0, 0.1) is 26.7 Å². The SMILES string of the molecule is Cc1cc(Nc2cccc(C)c2C)nc(NCCC(C)C)n1. The minimum absolute atomic E-state index is 0.671. The number of nitrogens with zero attached hydrogens (tertiary/aromatic N) is 2. The smallest absolute Gasteiger partial charge is 0.224 e. The molecule has 0 bridgehead atoms. The Kier molecular flexibility index (Phi) is 5.36. The highest BCUT2D eigenvalue weighted by molar-refractivity contribution is 5.62. The quantitative estimate of drug-likeness (QED) is 0.818. The zero-order valence-corrected chi connectivity index (χ0v) is 14.2. The Balaban J connectivity index is 2.14. The summed E-state index contributed by atoms with van der Waals surface area (Å²) in [5.41, 5.74) is 4.56. The molecule has 2 rings (SSSR count). The van der Waals surface area contributed by atoms with Crippen LogP contribution in [-0.2, 0) is 0 Å². The summed E-state index contributed by atoms with van der Waals surface area (Å²) < 4.78 is 0. The molecular formula is C18H26N4. The Hall–Kier alpha value is -2.10. The molecule has 4 nitrogen and oxygen atoms in total. The van der Waals surface area contributed by atoms with Crippen LogP contribution in [0.25, 0.3) is 0 Å². The maximum Gasteiger partial charge on any atom is 0.224 e. The molecule has 0 unspecified atom stereocenters. The molecule has 0 radical (unpaired) electrons. The van der Waals surface area contributed by atoms with E-state index in [4.69, 9.17) is 0 Å². The van der Waals surface area contributed by atoms with Crippen molar-refractivity contribution >= 4 is 17.5 Å². The first-order valence-electron chi connectivity index (χ1n) is 7.88. The highest BCUT2D eigenvalue weighted by atomic mass is 15.1. The molecule has 0 atom stereocenters. The Bertz CT molecular complexity index is 635. The third kappa shape index (κ3) is 4.45. The van der Waals surface area contributed by atoms with Crippen LogP contribution in [0.4, 0.5) is 17.5 Å². The van der Waals surface area contributed by atoms with Crippen LogP contribution in [0.2, 0.25) is 0 Å². The second kappa shape index (κ2) is 7.25. The van der Waals surface area contributed by atoms with Gasteiger partial charge in [-0.2, -0.15) is 4.98 Å². The van der Waals surface area contributed by atoms with Gasteiger partial charge in [0.25, 0.3) is 0 Å². The van der Waals surface area contributed by atoms with Crippen molar-refractivity contribution in [1.29, 1.82) is 0 Å². The van der Waals surface area contributed by atoms with Crippen molar-refractivity contribution < 1.29 is 0 Å². The van der Waals surface area contributed by atoms with Crippen molar-refractivity contribution in [3.05, 3.63) is 41.1 Å². The van der Waals surface area contributed by atoms with E-state index in [0.717, 1.165) is 30.2 Å². The second-order valence-corrected chi connectivity index (χ2v) is 6.20. The van der Waals surface area contributed by atoms with E-state index < -0.39 is 0 Å². The van der Waals surface area contributed by atoms with Gasteiger partial charge in [-0.05, 0) is 50.3 Å². The van der Waals surface area contributed by atoms with E-state index in [-0.39, 0.29) is 0 Å². The predicted molar refractivity (Wildman–Crippen MR) is 93.9 cm³/mol. The summed E-state index contributed by atoms with van der Waals surface area (Å²) in [5.74, 6) is 2.19. The van der Waals surface area contributed by atoms with Crippen molar-refractivity contribution in [1.82, 2.24) is 9.97 Å². The summed E-state index contributed by atoms with van der Waals surface area (Å²) >= 11 is 0. The molecular weight excluding hydrogens is 272 g/mol. The fraction of sp³-hybridized carbons (Fsp3) is 0.444. The summed E-state index contributed by atoms with van der Waals surface area (Å²) in [7, 11) is 0. The van der Waals surface area contributed by atoms with Crippen LogP contribution in [0.1, 0.15) is 37.1 Å². The van der Waals surface area contributed by atoms with Gasteiger partial charge in [0, 0.05) is 24.0 Å². The van der Waals surface area contributed by atoms with Crippen LogP contribution >= 0.6 is 0 Å². The molecule has 4 heteroatoms. The Morgan fingerprint density at radius 2 is 1.86 bits per heavy atom. The van der Waals surface area contributed by atoms with E-state index in [0.29, 0.717) is 11.9 Å². The molecule has 22 heavy (non-hydrogen) atoms. The topological polar surface area (TPSA) is 49.8 Å². The fourth-order valence-corrected chi connectivity index (χ4v) is 2.21. The molecule has 0 spiro atoms. The van der Waals surface area contributed by atoms with Crippen molar-refractivity contribution in [2.45, 2.75) is 41.0 Å². The molecule has 0 aliphatic heterocycles. The molecule has 1 aromatic heterocycles. The molecule has 0 saturated carbocycles. The molecule has 2 aromatic rings. The van der Waals surface area contributed by atoms with Gasteiger partial charge in [-0.25, -0.2) is 4.98 Å². The molecule has 0 aliphatic carbocycles. The number of hydrogen-bond acceptors (Lipinski definition) is 4. The number of aryl methyl sites for hydroxylation is 2. The molecule has 118 valence electrons. The molecule has 1 aromatic carbocycles. The normalized spacial score (nSPS) is 10.8. The number of benzene rings is 1. The summed E-state index contributed by atoms with van der Waals surface area (Å²) in [6, 6.07) is 8.21. The maximum atomic E-state index is 4.56. The van der Waals surface area contributed by atoms with Gasteiger partial charge in [-0.3, -0.25) is 0 Å².